The quantitative estimate of drug-likeness (QED) is 0.186. The lowest BCUT2D eigenvalue weighted by Crippen LogP contribution is -2.36. The highest BCUT2D eigenvalue weighted by molar-refractivity contribution is 14.1. The third kappa shape index (κ3) is 8.15. The van der Waals surface area contributed by atoms with E-state index in [1.165, 1.54) is 18.2 Å². The Kier molecular flexibility index (Phi) is 10.2. The average Bonchev–Trinajstić information content (AvgIpc) is 2.84. The molecule has 0 spiro atoms. The Hall–Kier alpha value is -2.74. The van der Waals surface area contributed by atoms with Crippen LogP contribution in [0, 0.1) is 10.5 Å². The molecule has 0 saturated carbocycles. The van der Waals surface area contributed by atoms with Crippen LogP contribution in [-0.2, 0) is 18.8 Å². The van der Waals surface area contributed by atoms with Crippen LogP contribution in [0.25, 0.3) is 0 Å². The smallest absolute Gasteiger partial charge is 0.349 e. The predicted molar refractivity (Wildman–Crippen MR) is 153 cm³/mol. The number of anilines is 1. The fraction of sp³-hybridized carbons (Fsp3) is 0.286. The summed E-state index contributed by atoms with van der Waals surface area (Å²) < 4.78 is 79.9. The zero-order valence-electron chi connectivity index (χ0n) is 21.6. The number of aryl methyl sites for hydroxylation is 1. The molecule has 1 unspecified atom stereocenters. The van der Waals surface area contributed by atoms with E-state index in [0.717, 1.165) is 0 Å². The van der Waals surface area contributed by atoms with E-state index in [-0.39, 0.29) is 41.1 Å². The number of thioether (sulfide) groups is 1. The van der Waals surface area contributed by atoms with Gasteiger partial charge in [-0.2, -0.15) is 38.1 Å². The van der Waals surface area contributed by atoms with Crippen LogP contribution < -0.4 is 10.6 Å². The number of nitrogens with one attached hydrogen (secondary N) is 2. The Morgan fingerprint density at radius 1 is 0.900 bits per heavy atom. The van der Waals surface area contributed by atoms with E-state index in [1.807, 2.05) is 35.8 Å². The third-order valence-electron chi connectivity index (χ3n) is 5.87. The summed E-state index contributed by atoms with van der Waals surface area (Å²) >= 11 is 3.56. The highest BCUT2D eigenvalue weighted by atomic mass is 127. The summed E-state index contributed by atoms with van der Waals surface area (Å²) in [5.74, 6) is -0.229. The number of carbonyl (C=O) groups is 2. The van der Waals surface area contributed by atoms with Gasteiger partial charge in [-0.05, 0) is 102 Å². The van der Waals surface area contributed by atoms with Crippen molar-refractivity contribution < 1.29 is 35.9 Å². The van der Waals surface area contributed by atoms with Crippen molar-refractivity contribution in [3.8, 4) is 0 Å². The van der Waals surface area contributed by atoms with E-state index in [9.17, 15) is 35.9 Å². The van der Waals surface area contributed by atoms with E-state index in [1.54, 1.807) is 36.9 Å². The molecule has 3 aromatic rings. The van der Waals surface area contributed by atoms with Crippen molar-refractivity contribution in [1.82, 2.24) is 5.32 Å². The third-order valence-corrected chi connectivity index (χ3v) is 7.61. The first-order valence-corrected chi connectivity index (χ1v) is 14.3. The van der Waals surface area contributed by atoms with Crippen LogP contribution in [0.2, 0.25) is 0 Å². The molecule has 0 radical (unpaired) electrons. The van der Waals surface area contributed by atoms with Gasteiger partial charge >= 0.3 is 12.4 Å². The lowest BCUT2D eigenvalue weighted by molar-refractivity contribution is -0.143. The van der Waals surface area contributed by atoms with Gasteiger partial charge in [0.1, 0.15) is 0 Å². The molecule has 0 aliphatic carbocycles. The molecule has 2 amide bonds. The Labute approximate surface area is 245 Å². The van der Waals surface area contributed by atoms with E-state index >= 15 is 0 Å². The minimum atomic E-state index is -4.93. The summed E-state index contributed by atoms with van der Waals surface area (Å²) in [7, 11) is 0. The molecule has 12 heteroatoms. The molecule has 0 heterocycles. The van der Waals surface area contributed by atoms with Crippen LogP contribution in [0.5, 0.6) is 0 Å². The zero-order chi connectivity index (χ0) is 29.8. The summed E-state index contributed by atoms with van der Waals surface area (Å²) in [5, 5.41) is 5.63. The first-order chi connectivity index (χ1) is 18.6. The van der Waals surface area contributed by atoms with E-state index in [0.29, 0.717) is 38.3 Å². The highest BCUT2D eigenvalue weighted by Gasteiger charge is 2.36. The number of rotatable bonds is 8. The molecule has 0 saturated heterocycles. The van der Waals surface area contributed by atoms with Crippen LogP contribution in [0.1, 0.15) is 55.5 Å². The van der Waals surface area contributed by atoms with E-state index in [4.69, 9.17) is 0 Å². The standard InChI is InChI=1S/C28H25F6IN2O2S/c1-15-9-17(10-18-11-19(27(29,30)31)13-20(12-18)28(32,33)34)7-8-23(15)37-25(38)21-5-4-6-22(35)24(21)26(39)36-16(2)14-40-3/h4-9,11-13,16H,10,14H2,1-3H3,(H,36,39)(H,37,38). The van der Waals surface area contributed by atoms with E-state index in [2.05, 4.69) is 10.6 Å². The van der Waals surface area contributed by atoms with Crippen molar-refractivity contribution >= 4 is 51.9 Å². The molecular weight excluding hydrogens is 669 g/mol. The molecule has 0 aromatic heterocycles. The molecule has 3 rings (SSSR count). The summed E-state index contributed by atoms with van der Waals surface area (Å²) in [4.78, 5) is 26.1. The minimum absolute atomic E-state index is 0.0933. The molecule has 40 heavy (non-hydrogen) atoms. The fourth-order valence-corrected chi connectivity index (χ4v) is 5.38. The van der Waals surface area contributed by atoms with Gasteiger partial charge in [-0.1, -0.05) is 18.2 Å². The molecule has 0 bridgehead atoms. The summed E-state index contributed by atoms with van der Waals surface area (Å²) in [6, 6.07) is 10.9. The molecular formula is C28H25F6IN2O2S. The SMILES string of the molecule is CSCC(C)NC(=O)c1c(I)cccc1C(=O)Nc1ccc(Cc2cc(C(F)(F)F)cc(C(F)(F)F)c2)cc1C. The van der Waals surface area contributed by atoms with Gasteiger partial charge < -0.3 is 10.6 Å². The van der Waals surface area contributed by atoms with E-state index < -0.39 is 29.4 Å². The number of halogens is 7. The monoisotopic (exact) mass is 694 g/mol. The van der Waals surface area contributed by atoms with Crippen molar-refractivity contribution in [3.05, 3.63) is 97.1 Å². The average molecular weight is 694 g/mol. The molecule has 0 fully saturated rings. The molecule has 0 aliphatic rings. The molecule has 214 valence electrons. The zero-order valence-corrected chi connectivity index (χ0v) is 24.5. The van der Waals surface area contributed by atoms with Gasteiger partial charge in [-0.3, -0.25) is 9.59 Å². The van der Waals surface area contributed by atoms with Crippen LogP contribution in [-0.4, -0.2) is 29.9 Å². The largest absolute Gasteiger partial charge is 0.416 e. The van der Waals surface area contributed by atoms with Gasteiger partial charge in [-0.25, -0.2) is 0 Å². The maximum Gasteiger partial charge on any atom is 0.416 e. The predicted octanol–water partition coefficient (Wildman–Crippen LogP) is 7.96. The Morgan fingerprint density at radius 3 is 2.08 bits per heavy atom. The summed E-state index contributed by atoms with van der Waals surface area (Å²) in [6.07, 6.45) is -8.13. The number of hydrogen-bond acceptors (Lipinski definition) is 3. The van der Waals surface area contributed by atoms with Crippen molar-refractivity contribution in [2.75, 3.05) is 17.3 Å². The Bertz CT molecular complexity index is 1380. The lowest BCUT2D eigenvalue weighted by Gasteiger charge is -2.17. The second-order valence-electron chi connectivity index (χ2n) is 9.19. The van der Waals surface area contributed by atoms with Crippen molar-refractivity contribution in [1.29, 1.82) is 0 Å². The maximum absolute atomic E-state index is 13.2. The van der Waals surface area contributed by atoms with Gasteiger partial charge in [0.2, 0.25) is 0 Å². The summed E-state index contributed by atoms with van der Waals surface area (Å²) in [6.45, 7) is 3.51. The number of hydrogen-bond donors (Lipinski definition) is 2. The van der Waals surface area contributed by atoms with Gasteiger partial charge in [-0.15, -0.1) is 0 Å². The van der Waals surface area contributed by atoms with Gasteiger partial charge in [0, 0.05) is 21.1 Å². The number of alkyl halides is 6. The fourth-order valence-electron chi connectivity index (χ4n) is 4.05. The topological polar surface area (TPSA) is 58.2 Å². The molecule has 0 aliphatic heterocycles. The second-order valence-corrected chi connectivity index (χ2v) is 11.3. The van der Waals surface area contributed by atoms with Gasteiger partial charge in [0.05, 0.1) is 22.3 Å². The lowest BCUT2D eigenvalue weighted by atomic mass is 9.98. The number of benzene rings is 3. The Balaban J connectivity index is 1.85. The van der Waals surface area contributed by atoms with Crippen LogP contribution in [0.15, 0.2) is 54.6 Å². The van der Waals surface area contributed by atoms with Gasteiger partial charge in [0.25, 0.3) is 11.8 Å². The number of amides is 2. The first-order valence-electron chi connectivity index (χ1n) is 11.9. The molecule has 2 N–H and O–H groups in total. The number of carbonyl (C=O) groups excluding carboxylic acids is 2. The van der Waals surface area contributed by atoms with Crippen molar-refractivity contribution in [3.63, 3.8) is 0 Å². The molecule has 4 nitrogen and oxygen atoms in total. The first kappa shape index (κ1) is 31.8. The minimum Gasteiger partial charge on any atom is -0.349 e. The van der Waals surface area contributed by atoms with Crippen LogP contribution in [0.3, 0.4) is 0 Å². The normalized spacial score (nSPS) is 12.7. The Morgan fingerprint density at radius 2 is 1.52 bits per heavy atom. The van der Waals surface area contributed by atoms with Crippen LogP contribution in [0.4, 0.5) is 32.0 Å². The second kappa shape index (κ2) is 12.8. The van der Waals surface area contributed by atoms with Crippen molar-refractivity contribution in [2.24, 2.45) is 0 Å². The van der Waals surface area contributed by atoms with Crippen LogP contribution >= 0.6 is 34.4 Å². The highest BCUT2D eigenvalue weighted by Crippen LogP contribution is 2.37. The van der Waals surface area contributed by atoms with Crippen molar-refractivity contribution in [2.45, 2.75) is 38.7 Å². The maximum atomic E-state index is 13.2. The summed E-state index contributed by atoms with van der Waals surface area (Å²) in [5.41, 5.74) is -1.13. The molecule has 3 aromatic carbocycles. The molecule has 1 atom stereocenters. The van der Waals surface area contributed by atoms with Gasteiger partial charge in [0.15, 0.2) is 0 Å².